The van der Waals surface area contributed by atoms with E-state index in [-0.39, 0.29) is 12.5 Å². The molecule has 0 aliphatic rings. The zero-order valence-electron chi connectivity index (χ0n) is 9.03. The van der Waals surface area contributed by atoms with Gasteiger partial charge in [-0.05, 0) is 19.3 Å². The van der Waals surface area contributed by atoms with E-state index in [4.69, 9.17) is 9.84 Å². The van der Waals surface area contributed by atoms with Gasteiger partial charge in [-0.3, -0.25) is 4.68 Å². The predicted octanol–water partition coefficient (Wildman–Crippen LogP) is 1.08. The van der Waals surface area contributed by atoms with Gasteiger partial charge in [-0.15, -0.1) is 0 Å². The van der Waals surface area contributed by atoms with Gasteiger partial charge in [0, 0.05) is 13.2 Å². The maximum atomic E-state index is 8.99. The number of hydrogen-bond donors (Lipinski definition) is 1. The number of nitrogens with zero attached hydrogens (tertiary/aromatic N) is 2. The number of methoxy groups -OCH3 is 1. The van der Waals surface area contributed by atoms with Gasteiger partial charge in [0.25, 0.3) is 0 Å². The van der Waals surface area contributed by atoms with Gasteiger partial charge < -0.3 is 9.84 Å². The smallest absolute Gasteiger partial charge is 0.159 e. The summed E-state index contributed by atoms with van der Waals surface area (Å²) in [5.74, 6) is 1.05. The van der Waals surface area contributed by atoms with Crippen molar-refractivity contribution >= 4 is 0 Å². The fraction of sp³-hybridized carbons (Fsp3) is 0.700. The molecule has 0 bridgehead atoms. The van der Waals surface area contributed by atoms with Gasteiger partial charge in [0.15, 0.2) is 5.75 Å². The van der Waals surface area contributed by atoms with E-state index in [1.165, 1.54) is 0 Å². The zero-order chi connectivity index (χ0) is 10.6. The van der Waals surface area contributed by atoms with Crippen molar-refractivity contribution in [2.75, 3.05) is 13.7 Å². The molecule has 0 aromatic carbocycles. The van der Waals surface area contributed by atoms with Gasteiger partial charge in [0.1, 0.15) is 0 Å². The highest BCUT2D eigenvalue weighted by molar-refractivity contribution is 5.25. The molecule has 1 unspecified atom stereocenters. The molecule has 1 N–H and O–H groups in total. The maximum Gasteiger partial charge on any atom is 0.159 e. The minimum absolute atomic E-state index is 0.193. The van der Waals surface area contributed by atoms with Crippen LogP contribution in [0.2, 0.25) is 0 Å². The molecule has 1 heterocycles. The van der Waals surface area contributed by atoms with Gasteiger partial charge in [0.2, 0.25) is 0 Å². The van der Waals surface area contributed by atoms with E-state index >= 15 is 0 Å². The molecule has 0 radical (unpaired) electrons. The van der Waals surface area contributed by atoms with Crippen LogP contribution in [-0.4, -0.2) is 28.6 Å². The molecular weight excluding hydrogens is 180 g/mol. The topological polar surface area (TPSA) is 47.3 Å². The normalized spacial score (nSPS) is 12.9. The van der Waals surface area contributed by atoms with Gasteiger partial charge in [-0.2, -0.15) is 5.10 Å². The van der Waals surface area contributed by atoms with Crippen LogP contribution in [0.5, 0.6) is 5.75 Å². The molecule has 14 heavy (non-hydrogen) atoms. The fourth-order valence-electron chi connectivity index (χ4n) is 1.44. The quantitative estimate of drug-likeness (QED) is 0.770. The highest BCUT2D eigenvalue weighted by Crippen LogP contribution is 2.20. The van der Waals surface area contributed by atoms with Crippen LogP contribution in [0.25, 0.3) is 0 Å². The Hall–Kier alpha value is -1.03. The largest absolute Gasteiger partial charge is 0.493 e. The molecule has 0 spiro atoms. The molecule has 0 amide bonds. The highest BCUT2D eigenvalue weighted by Gasteiger charge is 2.13. The Labute approximate surface area is 84.5 Å². The summed E-state index contributed by atoms with van der Waals surface area (Å²) in [6.07, 6.45) is 2.52. The van der Waals surface area contributed by atoms with Gasteiger partial charge in [0.05, 0.1) is 19.0 Å². The Morgan fingerprint density at radius 3 is 2.86 bits per heavy atom. The number of aromatic nitrogens is 2. The third-order valence-electron chi connectivity index (χ3n) is 2.28. The van der Waals surface area contributed by atoms with E-state index in [9.17, 15) is 0 Å². The van der Waals surface area contributed by atoms with Crippen LogP contribution in [0.3, 0.4) is 0 Å². The lowest BCUT2D eigenvalue weighted by Gasteiger charge is -2.10. The van der Waals surface area contributed by atoms with Gasteiger partial charge in [-0.25, -0.2) is 0 Å². The summed E-state index contributed by atoms with van der Waals surface area (Å²) in [4.78, 5) is 0. The second kappa shape index (κ2) is 5.00. The summed E-state index contributed by atoms with van der Waals surface area (Å²) in [5, 5.41) is 13.2. The van der Waals surface area contributed by atoms with Crippen LogP contribution in [0.1, 0.15) is 19.5 Å². The molecule has 0 aliphatic carbocycles. The van der Waals surface area contributed by atoms with Crippen LogP contribution in [0.15, 0.2) is 6.20 Å². The first kappa shape index (κ1) is 11.0. The maximum absolute atomic E-state index is 8.99. The number of aliphatic hydroxyl groups is 1. The van der Waals surface area contributed by atoms with E-state index < -0.39 is 0 Å². The molecule has 1 aromatic heterocycles. The third kappa shape index (κ3) is 2.26. The zero-order valence-corrected chi connectivity index (χ0v) is 9.03. The third-order valence-corrected chi connectivity index (χ3v) is 2.28. The Morgan fingerprint density at radius 1 is 1.64 bits per heavy atom. The molecule has 1 atom stereocenters. The number of hydrogen-bond acceptors (Lipinski definition) is 3. The Kier molecular flexibility index (Phi) is 3.95. The lowest BCUT2D eigenvalue weighted by molar-refractivity contribution is 0.234. The van der Waals surface area contributed by atoms with Crippen molar-refractivity contribution in [3.05, 3.63) is 11.9 Å². The molecule has 0 fully saturated rings. The fourth-order valence-corrected chi connectivity index (χ4v) is 1.44. The molecule has 4 heteroatoms. The number of ether oxygens (including phenoxy) is 1. The molecule has 1 aromatic rings. The molecule has 80 valence electrons. The standard InChI is InChI=1S/C10H18N2O2/c1-4-12-9(5-8(2)7-13)10(14-3)6-11-12/h6,8,13H,4-5,7H2,1-3H3. The summed E-state index contributed by atoms with van der Waals surface area (Å²) >= 11 is 0. The van der Waals surface area contributed by atoms with Crippen LogP contribution < -0.4 is 4.74 Å². The van der Waals surface area contributed by atoms with Crippen LogP contribution in [-0.2, 0) is 13.0 Å². The van der Waals surface area contributed by atoms with Crippen LogP contribution in [0.4, 0.5) is 0 Å². The molecule has 0 saturated carbocycles. The Bertz CT molecular complexity index is 262. The van der Waals surface area contributed by atoms with Crippen molar-refractivity contribution in [3.63, 3.8) is 0 Å². The van der Waals surface area contributed by atoms with Crippen molar-refractivity contribution in [1.82, 2.24) is 9.78 Å². The van der Waals surface area contributed by atoms with E-state index in [0.29, 0.717) is 0 Å². The number of rotatable bonds is 5. The molecule has 0 saturated heterocycles. The summed E-state index contributed by atoms with van der Waals surface area (Å²) < 4.78 is 7.12. The van der Waals surface area contributed by atoms with E-state index in [2.05, 4.69) is 5.10 Å². The second-order valence-corrected chi connectivity index (χ2v) is 3.47. The first-order valence-corrected chi connectivity index (χ1v) is 4.92. The van der Waals surface area contributed by atoms with E-state index in [1.54, 1.807) is 13.3 Å². The lowest BCUT2D eigenvalue weighted by Crippen LogP contribution is -2.11. The second-order valence-electron chi connectivity index (χ2n) is 3.47. The highest BCUT2D eigenvalue weighted by atomic mass is 16.5. The van der Waals surface area contributed by atoms with E-state index in [0.717, 1.165) is 24.4 Å². The first-order valence-electron chi connectivity index (χ1n) is 4.92. The van der Waals surface area contributed by atoms with Crippen molar-refractivity contribution in [3.8, 4) is 5.75 Å². The molecule has 0 aliphatic heterocycles. The van der Waals surface area contributed by atoms with Crippen molar-refractivity contribution < 1.29 is 9.84 Å². The number of aliphatic hydroxyl groups excluding tert-OH is 1. The van der Waals surface area contributed by atoms with Crippen molar-refractivity contribution in [2.45, 2.75) is 26.8 Å². The molecule has 1 rings (SSSR count). The summed E-state index contributed by atoms with van der Waals surface area (Å²) in [6, 6.07) is 0. The minimum atomic E-state index is 0.193. The molecular formula is C10H18N2O2. The van der Waals surface area contributed by atoms with Crippen LogP contribution in [0, 0.1) is 5.92 Å². The predicted molar refractivity (Wildman–Crippen MR) is 54.4 cm³/mol. The Morgan fingerprint density at radius 2 is 2.36 bits per heavy atom. The monoisotopic (exact) mass is 198 g/mol. The Balaban J connectivity index is 2.85. The average Bonchev–Trinajstić information content (AvgIpc) is 2.60. The van der Waals surface area contributed by atoms with Crippen molar-refractivity contribution in [1.29, 1.82) is 0 Å². The molecule has 4 nitrogen and oxygen atoms in total. The summed E-state index contributed by atoms with van der Waals surface area (Å²) in [6.45, 7) is 5.07. The number of aryl methyl sites for hydroxylation is 1. The summed E-state index contributed by atoms with van der Waals surface area (Å²) in [5.41, 5.74) is 1.07. The summed E-state index contributed by atoms with van der Waals surface area (Å²) in [7, 11) is 1.64. The minimum Gasteiger partial charge on any atom is -0.493 e. The van der Waals surface area contributed by atoms with Gasteiger partial charge >= 0.3 is 0 Å². The first-order chi connectivity index (χ1) is 6.72. The van der Waals surface area contributed by atoms with Crippen molar-refractivity contribution in [2.24, 2.45) is 5.92 Å². The van der Waals surface area contributed by atoms with E-state index in [1.807, 2.05) is 18.5 Å². The average molecular weight is 198 g/mol. The lowest BCUT2D eigenvalue weighted by atomic mass is 10.1. The SMILES string of the molecule is CCn1ncc(OC)c1CC(C)CO. The van der Waals surface area contributed by atoms with Crippen LogP contribution >= 0.6 is 0 Å². The van der Waals surface area contributed by atoms with Gasteiger partial charge in [-0.1, -0.05) is 6.92 Å².